The van der Waals surface area contributed by atoms with Crippen LogP contribution in [0, 0.1) is 17.3 Å². The lowest BCUT2D eigenvalue weighted by Crippen LogP contribution is -2.55. The number of nitrogens with one attached hydrogen (secondary N) is 1. The zero-order valence-corrected chi connectivity index (χ0v) is 11.7. The molecule has 2 amide bonds. The normalized spacial score (nSPS) is 28.8. The molecule has 1 atom stereocenters. The molecule has 2 rings (SSSR count). The lowest BCUT2D eigenvalue weighted by molar-refractivity contribution is -0.145. The maximum Gasteiger partial charge on any atom is 0.229 e. The summed E-state index contributed by atoms with van der Waals surface area (Å²) >= 11 is 0. The topological polar surface area (TPSA) is 49.4 Å². The predicted molar refractivity (Wildman–Crippen MR) is 69.9 cm³/mol. The zero-order valence-electron chi connectivity index (χ0n) is 11.7. The fraction of sp³-hybridized carbons (Fsp3) is 0.857. The molecule has 2 saturated heterocycles. The average Bonchev–Trinajstić information content (AvgIpc) is 2.28. The molecule has 0 radical (unpaired) electrons. The molecule has 2 heterocycles. The predicted octanol–water partition coefficient (Wildman–Crippen LogP) is 1.41. The largest absolute Gasteiger partial charge is 0.303 e. The number of carbonyl (C=O) groups is 2. The first kappa shape index (κ1) is 13.5. The van der Waals surface area contributed by atoms with Gasteiger partial charge in [0.25, 0.3) is 0 Å². The first-order chi connectivity index (χ1) is 8.43. The van der Waals surface area contributed by atoms with Crippen molar-refractivity contribution < 1.29 is 9.59 Å². The molecule has 1 spiro atoms. The number of nitrogens with zero attached hydrogens (tertiary/aromatic N) is 1. The Morgan fingerprint density at radius 3 is 2.50 bits per heavy atom. The van der Waals surface area contributed by atoms with Crippen LogP contribution in [0.2, 0.25) is 0 Å². The standard InChI is InChI=1S/C14H24N2O2/c1-10(2)9-16-6-4-14(5-7-16)8-12(17)15-13(18)11(14)3/h10-11H,4-9H2,1-3H3,(H,15,17,18). The fourth-order valence-corrected chi connectivity index (χ4v) is 3.35. The van der Waals surface area contributed by atoms with Crippen molar-refractivity contribution in [1.29, 1.82) is 0 Å². The van der Waals surface area contributed by atoms with E-state index in [1.54, 1.807) is 0 Å². The van der Waals surface area contributed by atoms with Crippen LogP contribution >= 0.6 is 0 Å². The number of amides is 2. The summed E-state index contributed by atoms with van der Waals surface area (Å²) < 4.78 is 0. The smallest absolute Gasteiger partial charge is 0.229 e. The molecule has 0 aromatic heterocycles. The van der Waals surface area contributed by atoms with E-state index in [1.165, 1.54) is 0 Å². The Morgan fingerprint density at radius 1 is 1.33 bits per heavy atom. The number of imide groups is 1. The van der Waals surface area contributed by atoms with Crippen molar-refractivity contribution in [2.45, 2.75) is 40.0 Å². The minimum absolute atomic E-state index is 0.0311. The van der Waals surface area contributed by atoms with Gasteiger partial charge in [-0.15, -0.1) is 0 Å². The van der Waals surface area contributed by atoms with Crippen LogP contribution in [0.3, 0.4) is 0 Å². The summed E-state index contributed by atoms with van der Waals surface area (Å²) in [6.07, 6.45) is 2.47. The molecule has 2 aliphatic rings. The van der Waals surface area contributed by atoms with Gasteiger partial charge in [-0.2, -0.15) is 0 Å². The van der Waals surface area contributed by atoms with Gasteiger partial charge in [0.05, 0.1) is 0 Å². The van der Waals surface area contributed by atoms with Crippen LogP contribution in [-0.2, 0) is 9.59 Å². The van der Waals surface area contributed by atoms with Crippen LogP contribution in [0.15, 0.2) is 0 Å². The minimum atomic E-state index is -0.0876. The molecule has 2 fully saturated rings. The van der Waals surface area contributed by atoms with Crippen molar-refractivity contribution >= 4 is 11.8 Å². The molecular formula is C14H24N2O2. The highest BCUT2D eigenvalue weighted by atomic mass is 16.2. The van der Waals surface area contributed by atoms with E-state index in [1.807, 2.05) is 6.92 Å². The molecule has 18 heavy (non-hydrogen) atoms. The van der Waals surface area contributed by atoms with Gasteiger partial charge in [-0.1, -0.05) is 20.8 Å². The van der Waals surface area contributed by atoms with Crippen molar-refractivity contribution in [2.75, 3.05) is 19.6 Å². The second kappa shape index (κ2) is 5.00. The van der Waals surface area contributed by atoms with Gasteiger partial charge in [-0.25, -0.2) is 0 Å². The molecule has 0 bridgehead atoms. The Hall–Kier alpha value is -0.900. The highest BCUT2D eigenvalue weighted by Crippen LogP contribution is 2.44. The third kappa shape index (κ3) is 2.58. The molecular weight excluding hydrogens is 228 g/mol. The van der Waals surface area contributed by atoms with Gasteiger partial charge in [-0.05, 0) is 37.3 Å². The van der Waals surface area contributed by atoms with Crippen molar-refractivity contribution in [1.82, 2.24) is 10.2 Å². The Kier molecular flexibility index (Phi) is 3.76. The molecule has 4 heteroatoms. The van der Waals surface area contributed by atoms with Crippen LogP contribution in [0.1, 0.15) is 40.0 Å². The molecule has 2 aliphatic heterocycles. The van der Waals surface area contributed by atoms with Gasteiger partial charge < -0.3 is 4.90 Å². The van der Waals surface area contributed by atoms with Gasteiger partial charge in [0, 0.05) is 18.9 Å². The van der Waals surface area contributed by atoms with Gasteiger partial charge in [-0.3, -0.25) is 14.9 Å². The molecule has 0 aromatic rings. The Balaban J connectivity index is 2.01. The number of hydrogen-bond donors (Lipinski definition) is 1. The summed E-state index contributed by atoms with van der Waals surface area (Å²) in [6.45, 7) is 9.58. The number of rotatable bonds is 2. The summed E-state index contributed by atoms with van der Waals surface area (Å²) in [4.78, 5) is 25.9. The molecule has 102 valence electrons. The molecule has 0 aromatic carbocycles. The van der Waals surface area contributed by atoms with E-state index >= 15 is 0 Å². The molecule has 1 N–H and O–H groups in total. The summed E-state index contributed by atoms with van der Waals surface area (Å²) in [7, 11) is 0. The van der Waals surface area contributed by atoms with Crippen molar-refractivity contribution in [3.05, 3.63) is 0 Å². The summed E-state index contributed by atoms with van der Waals surface area (Å²) in [5.74, 6) is 0.475. The maximum absolute atomic E-state index is 11.8. The van der Waals surface area contributed by atoms with Gasteiger partial charge in [0.1, 0.15) is 0 Å². The van der Waals surface area contributed by atoms with E-state index in [-0.39, 0.29) is 23.1 Å². The lowest BCUT2D eigenvalue weighted by atomic mass is 9.65. The van der Waals surface area contributed by atoms with Gasteiger partial charge in [0.2, 0.25) is 11.8 Å². The van der Waals surface area contributed by atoms with Crippen molar-refractivity contribution in [3.8, 4) is 0 Å². The van der Waals surface area contributed by atoms with E-state index in [0.29, 0.717) is 12.3 Å². The number of likely N-dealkylation sites (tertiary alicyclic amines) is 1. The van der Waals surface area contributed by atoms with Crippen LogP contribution in [-0.4, -0.2) is 36.3 Å². The third-order valence-corrected chi connectivity index (χ3v) is 4.56. The molecule has 0 saturated carbocycles. The van der Waals surface area contributed by atoms with Crippen LogP contribution in [0.25, 0.3) is 0 Å². The first-order valence-electron chi connectivity index (χ1n) is 6.99. The first-order valence-corrected chi connectivity index (χ1v) is 6.99. The van der Waals surface area contributed by atoms with E-state index in [0.717, 1.165) is 32.5 Å². The maximum atomic E-state index is 11.8. The number of carbonyl (C=O) groups excluding carboxylic acids is 2. The van der Waals surface area contributed by atoms with Crippen LogP contribution < -0.4 is 5.32 Å². The Labute approximate surface area is 109 Å². The van der Waals surface area contributed by atoms with E-state index in [2.05, 4.69) is 24.1 Å². The number of hydrogen-bond acceptors (Lipinski definition) is 3. The van der Waals surface area contributed by atoms with Crippen molar-refractivity contribution in [2.24, 2.45) is 17.3 Å². The van der Waals surface area contributed by atoms with E-state index in [4.69, 9.17) is 0 Å². The van der Waals surface area contributed by atoms with Gasteiger partial charge in [0.15, 0.2) is 0 Å². The third-order valence-electron chi connectivity index (χ3n) is 4.56. The molecule has 0 aliphatic carbocycles. The minimum Gasteiger partial charge on any atom is -0.303 e. The van der Waals surface area contributed by atoms with Crippen LogP contribution in [0.5, 0.6) is 0 Å². The summed E-state index contributed by atoms with van der Waals surface area (Å²) in [5.41, 5.74) is -0.0765. The highest BCUT2D eigenvalue weighted by Gasteiger charge is 2.47. The molecule has 4 nitrogen and oxygen atoms in total. The summed E-state index contributed by atoms with van der Waals surface area (Å²) in [5, 5.41) is 2.45. The fourth-order valence-electron chi connectivity index (χ4n) is 3.35. The Morgan fingerprint density at radius 2 is 1.94 bits per heavy atom. The number of piperidine rings is 2. The van der Waals surface area contributed by atoms with Crippen LogP contribution in [0.4, 0.5) is 0 Å². The average molecular weight is 252 g/mol. The van der Waals surface area contributed by atoms with E-state index < -0.39 is 0 Å². The second-order valence-corrected chi connectivity index (χ2v) is 6.37. The highest BCUT2D eigenvalue weighted by molar-refractivity contribution is 5.99. The SMILES string of the molecule is CC(C)CN1CCC2(CC1)CC(=O)NC(=O)C2C. The quantitative estimate of drug-likeness (QED) is 0.756. The summed E-state index contributed by atoms with van der Waals surface area (Å²) in [6, 6.07) is 0. The molecule has 1 unspecified atom stereocenters. The monoisotopic (exact) mass is 252 g/mol. The van der Waals surface area contributed by atoms with Gasteiger partial charge >= 0.3 is 0 Å². The Bertz CT molecular complexity index is 344. The lowest BCUT2D eigenvalue weighted by Gasteiger charge is -2.47. The van der Waals surface area contributed by atoms with E-state index in [9.17, 15) is 9.59 Å². The second-order valence-electron chi connectivity index (χ2n) is 6.37. The van der Waals surface area contributed by atoms with Crippen molar-refractivity contribution in [3.63, 3.8) is 0 Å². The zero-order chi connectivity index (χ0) is 13.3.